The normalized spacial score (nSPS) is 15.7. The number of amides is 2. The summed E-state index contributed by atoms with van der Waals surface area (Å²) in [7, 11) is 1.67. The minimum Gasteiger partial charge on any atom is -0.496 e. The summed E-state index contributed by atoms with van der Waals surface area (Å²) in [5.41, 5.74) is 1.12. The monoisotopic (exact) mass is 319 g/mol. The molecule has 0 atom stereocenters. The highest BCUT2D eigenvalue weighted by molar-refractivity contribution is 5.74. The molecule has 1 fully saturated rings. The van der Waals surface area contributed by atoms with Crippen molar-refractivity contribution in [2.24, 2.45) is 5.92 Å². The summed E-state index contributed by atoms with van der Waals surface area (Å²) in [5.74, 6) is 1.56. The smallest absolute Gasteiger partial charge is 0.317 e. The second kappa shape index (κ2) is 8.77. The van der Waals surface area contributed by atoms with Crippen LogP contribution >= 0.6 is 0 Å². The largest absolute Gasteiger partial charge is 0.496 e. The third-order valence-electron chi connectivity index (χ3n) is 4.15. The number of para-hydroxylation sites is 1. The van der Waals surface area contributed by atoms with Crippen LogP contribution in [-0.2, 0) is 6.42 Å². The van der Waals surface area contributed by atoms with E-state index in [4.69, 9.17) is 4.74 Å². The quantitative estimate of drug-likeness (QED) is 0.874. The first-order valence-corrected chi connectivity index (χ1v) is 8.47. The number of nitrogens with one attached hydrogen (secondary N) is 1. The molecule has 0 radical (unpaired) electrons. The first-order valence-electron chi connectivity index (χ1n) is 8.47. The fourth-order valence-corrected chi connectivity index (χ4v) is 2.98. The summed E-state index contributed by atoms with van der Waals surface area (Å²) < 4.78 is 5.33. The minimum atomic E-state index is 0.0455. The second-order valence-corrected chi connectivity index (χ2v) is 6.48. The third kappa shape index (κ3) is 5.43. The SMILES string of the molecule is COc1ccccc1CCNC(=O)N1CCN(CC(C)C)CC1. The number of carbonyl (C=O) groups excluding carboxylic acids is 1. The van der Waals surface area contributed by atoms with Crippen LogP contribution in [0.5, 0.6) is 5.75 Å². The van der Waals surface area contributed by atoms with Gasteiger partial charge in [0.1, 0.15) is 5.75 Å². The van der Waals surface area contributed by atoms with E-state index in [2.05, 4.69) is 24.1 Å². The molecule has 5 nitrogen and oxygen atoms in total. The molecule has 0 aromatic heterocycles. The van der Waals surface area contributed by atoms with Crippen LogP contribution in [0, 0.1) is 5.92 Å². The Balaban J connectivity index is 1.71. The van der Waals surface area contributed by atoms with E-state index in [0.717, 1.165) is 50.5 Å². The van der Waals surface area contributed by atoms with Crippen LogP contribution < -0.4 is 10.1 Å². The summed E-state index contributed by atoms with van der Waals surface area (Å²) in [5, 5.41) is 3.02. The fourth-order valence-electron chi connectivity index (χ4n) is 2.98. The first kappa shape index (κ1) is 17.6. The van der Waals surface area contributed by atoms with E-state index in [1.807, 2.05) is 29.2 Å². The molecule has 0 spiro atoms. The van der Waals surface area contributed by atoms with Crippen molar-refractivity contribution in [1.29, 1.82) is 0 Å². The van der Waals surface area contributed by atoms with Crippen molar-refractivity contribution >= 4 is 6.03 Å². The van der Waals surface area contributed by atoms with Gasteiger partial charge in [0, 0.05) is 39.3 Å². The van der Waals surface area contributed by atoms with Crippen LogP contribution in [0.25, 0.3) is 0 Å². The number of carbonyl (C=O) groups is 1. The summed E-state index contributed by atoms with van der Waals surface area (Å²) in [6.07, 6.45) is 0.781. The Hall–Kier alpha value is -1.75. The highest BCUT2D eigenvalue weighted by Gasteiger charge is 2.21. The lowest BCUT2D eigenvalue weighted by molar-refractivity contribution is 0.131. The van der Waals surface area contributed by atoms with Gasteiger partial charge >= 0.3 is 6.03 Å². The van der Waals surface area contributed by atoms with Crippen molar-refractivity contribution in [3.8, 4) is 5.75 Å². The highest BCUT2D eigenvalue weighted by atomic mass is 16.5. The second-order valence-electron chi connectivity index (χ2n) is 6.48. The Morgan fingerprint density at radius 1 is 1.22 bits per heavy atom. The van der Waals surface area contributed by atoms with Crippen molar-refractivity contribution in [2.75, 3.05) is 46.4 Å². The van der Waals surface area contributed by atoms with E-state index < -0.39 is 0 Å². The van der Waals surface area contributed by atoms with E-state index in [1.54, 1.807) is 7.11 Å². The average molecular weight is 319 g/mol. The summed E-state index contributed by atoms with van der Waals surface area (Å²) in [6.45, 7) is 9.78. The molecule has 2 amide bonds. The average Bonchev–Trinajstić information content (AvgIpc) is 2.55. The lowest BCUT2D eigenvalue weighted by Crippen LogP contribution is -2.52. The molecule has 1 aromatic carbocycles. The zero-order valence-electron chi connectivity index (χ0n) is 14.5. The number of ether oxygens (including phenoxy) is 1. The van der Waals surface area contributed by atoms with E-state index in [1.165, 1.54) is 0 Å². The number of nitrogens with zero attached hydrogens (tertiary/aromatic N) is 2. The molecule has 0 bridgehead atoms. The molecule has 1 saturated heterocycles. The highest BCUT2D eigenvalue weighted by Crippen LogP contribution is 2.17. The van der Waals surface area contributed by atoms with Crippen LogP contribution in [-0.4, -0.2) is 62.2 Å². The number of rotatable bonds is 6. The number of urea groups is 1. The van der Waals surface area contributed by atoms with Gasteiger partial charge in [-0.2, -0.15) is 0 Å². The lowest BCUT2D eigenvalue weighted by atomic mass is 10.1. The summed E-state index contributed by atoms with van der Waals surface area (Å²) >= 11 is 0. The Morgan fingerprint density at radius 3 is 2.57 bits per heavy atom. The van der Waals surface area contributed by atoms with Gasteiger partial charge in [-0.25, -0.2) is 4.79 Å². The first-order chi connectivity index (χ1) is 11.1. The molecular formula is C18H29N3O2. The number of benzene rings is 1. The topological polar surface area (TPSA) is 44.8 Å². The predicted molar refractivity (Wildman–Crippen MR) is 92.9 cm³/mol. The van der Waals surface area contributed by atoms with E-state index in [0.29, 0.717) is 12.5 Å². The molecule has 2 rings (SSSR count). The van der Waals surface area contributed by atoms with Crippen molar-refractivity contribution < 1.29 is 9.53 Å². The number of hydrogen-bond donors (Lipinski definition) is 1. The van der Waals surface area contributed by atoms with Gasteiger partial charge in [0.2, 0.25) is 0 Å². The van der Waals surface area contributed by atoms with Crippen molar-refractivity contribution in [1.82, 2.24) is 15.1 Å². The lowest BCUT2D eigenvalue weighted by Gasteiger charge is -2.35. The number of methoxy groups -OCH3 is 1. The third-order valence-corrected chi connectivity index (χ3v) is 4.15. The molecule has 0 saturated carbocycles. The predicted octanol–water partition coefficient (Wildman–Crippen LogP) is 2.22. The van der Waals surface area contributed by atoms with Gasteiger partial charge in [-0.05, 0) is 24.0 Å². The van der Waals surface area contributed by atoms with Gasteiger partial charge in [0.15, 0.2) is 0 Å². The minimum absolute atomic E-state index is 0.0455. The molecule has 23 heavy (non-hydrogen) atoms. The standard InChI is InChI=1S/C18H29N3O2/c1-15(2)14-20-10-12-21(13-11-20)18(22)19-9-8-16-6-4-5-7-17(16)23-3/h4-7,15H,8-14H2,1-3H3,(H,19,22). The molecule has 1 aromatic rings. The zero-order chi connectivity index (χ0) is 16.7. The maximum Gasteiger partial charge on any atom is 0.317 e. The maximum atomic E-state index is 12.2. The molecule has 1 aliphatic rings. The molecule has 0 unspecified atom stereocenters. The van der Waals surface area contributed by atoms with E-state index in [-0.39, 0.29) is 6.03 Å². The van der Waals surface area contributed by atoms with Crippen LogP contribution in [0.2, 0.25) is 0 Å². The Morgan fingerprint density at radius 2 is 1.91 bits per heavy atom. The van der Waals surface area contributed by atoms with E-state index in [9.17, 15) is 4.79 Å². The Kier molecular flexibility index (Phi) is 6.71. The Labute approximate surface area is 139 Å². The van der Waals surface area contributed by atoms with Crippen LogP contribution in [0.15, 0.2) is 24.3 Å². The Bertz CT molecular complexity index is 497. The van der Waals surface area contributed by atoms with Gasteiger partial charge < -0.3 is 15.0 Å². The number of piperazine rings is 1. The van der Waals surface area contributed by atoms with Gasteiger partial charge in [-0.3, -0.25) is 4.90 Å². The van der Waals surface area contributed by atoms with Crippen LogP contribution in [0.4, 0.5) is 4.79 Å². The molecule has 1 heterocycles. The van der Waals surface area contributed by atoms with Gasteiger partial charge in [-0.1, -0.05) is 32.0 Å². The van der Waals surface area contributed by atoms with Gasteiger partial charge in [-0.15, -0.1) is 0 Å². The molecular weight excluding hydrogens is 290 g/mol. The van der Waals surface area contributed by atoms with E-state index >= 15 is 0 Å². The number of hydrogen-bond acceptors (Lipinski definition) is 3. The van der Waals surface area contributed by atoms with Crippen LogP contribution in [0.3, 0.4) is 0 Å². The van der Waals surface area contributed by atoms with Crippen LogP contribution in [0.1, 0.15) is 19.4 Å². The van der Waals surface area contributed by atoms with Gasteiger partial charge in [0.05, 0.1) is 7.11 Å². The maximum absolute atomic E-state index is 12.2. The summed E-state index contributed by atoms with van der Waals surface area (Å²) in [6, 6.07) is 7.98. The van der Waals surface area contributed by atoms with Gasteiger partial charge in [0.25, 0.3) is 0 Å². The van der Waals surface area contributed by atoms with Crippen molar-refractivity contribution in [3.05, 3.63) is 29.8 Å². The fraction of sp³-hybridized carbons (Fsp3) is 0.611. The van der Waals surface area contributed by atoms with Crippen molar-refractivity contribution in [3.63, 3.8) is 0 Å². The zero-order valence-corrected chi connectivity index (χ0v) is 14.5. The molecule has 0 aliphatic carbocycles. The van der Waals surface area contributed by atoms with Crippen molar-refractivity contribution in [2.45, 2.75) is 20.3 Å². The molecule has 5 heteroatoms. The molecule has 1 N–H and O–H groups in total. The molecule has 1 aliphatic heterocycles. The molecule has 128 valence electrons. The summed E-state index contributed by atoms with van der Waals surface area (Å²) in [4.78, 5) is 16.6.